The molecule has 0 fully saturated rings. The highest BCUT2D eigenvalue weighted by Crippen LogP contribution is 2.17. The maximum atomic E-state index is 5.91. The van der Waals surface area contributed by atoms with Crippen LogP contribution in [0.25, 0.3) is 17.1 Å². The van der Waals surface area contributed by atoms with E-state index in [1.165, 1.54) is 0 Å². The lowest BCUT2D eigenvalue weighted by atomic mass is 10.2. The maximum absolute atomic E-state index is 5.91. The van der Waals surface area contributed by atoms with E-state index in [4.69, 9.17) is 11.6 Å². The Kier molecular flexibility index (Phi) is 3.01. The van der Waals surface area contributed by atoms with Crippen LogP contribution in [0.3, 0.4) is 0 Å². The Balaban J connectivity index is 2.15. The molecule has 19 heavy (non-hydrogen) atoms. The number of benzene rings is 2. The van der Waals surface area contributed by atoms with Crippen LogP contribution in [0, 0.1) is 0 Å². The number of hydrogen-bond donors (Lipinski definition) is 0. The second kappa shape index (κ2) is 4.82. The molecule has 0 saturated heterocycles. The van der Waals surface area contributed by atoms with E-state index in [0.29, 0.717) is 5.02 Å². The van der Waals surface area contributed by atoms with Gasteiger partial charge in [0.15, 0.2) is 0 Å². The zero-order valence-electron chi connectivity index (χ0n) is 10.4. The molecule has 3 rings (SSSR count). The summed E-state index contributed by atoms with van der Waals surface area (Å²) in [5.41, 5.74) is 1.95. The van der Waals surface area contributed by atoms with Crippen molar-refractivity contribution in [3.8, 4) is 17.1 Å². The summed E-state index contributed by atoms with van der Waals surface area (Å²) < 4.78 is 1.81. The van der Waals surface area contributed by atoms with Gasteiger partial charge in [0.25, 0.3) is 0 Å². The van der Waals surface area contributed by atoms with Crippen LogP contribution in [0.4, 0.5) is 0 Å². The van der Waals surface area contributed by atoms with Gasteiger partial charge in [0, 0.05) is 5.02 Å². The number of hydrogen-bond acceptors (Lipinski definition) is 2. The first-order valence-electron chi connectivity index (χ1n) is 5.89. The van der Waals surface area contributed by atoms with Crippen molar-refractivity contribution in [1.82, 2.24) is 15.1 Å². The number of aromatic nitrogens is 4. The number of para-hydroxylation sites is 1. The normalized spacial score (nSPS) is 10.6. The highest BCUT2D eigenvalue weighted by molar-refractivity contribution is 6.30. The molecule has 0 aliphatic carbocycles. The molecular formula is C14H12ClN4+. The van der Waals surface area contributed by atoms with Gasteiger partial charge in [0.05, 0.1) is 15.9 Å². The Hall–Kier alpha value is -2.20. The summed E-state index contributed by atoms with van der Waals surface area (Å²) in [5.74, 6) is 0.783. The molecule has 1 aromatic heterocycles. The predicted octanol–water partition coefficient (Wildman–Crippen LogP) is 2.41. The molecule has 5 heteroatoms. The van der Waals surface area contributed by atoms with Crippen LogP contribution in [-0.2, 0) is 7.05 Å². The lowest BCUT2D eigenvalue weighted by Gasteiger charge is -1.97. The van der Waals surface area contributed by atoms with Crippen molar-refractivity contribution in [1.29, 1.82) is 0 Å². The predicted molar refractivity (Wildman–Crippen MR) is 73.0 cm³/mol. The quantitative estimate of drug-likeness (QED) is 0.671. The Morgan fingerprint density at radius 3 is 2.37 bits per heavy atom. The zero-order valence-corrected chi connectivity index (χ0v) is 11.1. The Morgan fingerprint density at radius 2 is 1.68 bits per heavy atom. The molecule has 1 heterocycles. The second-order valence-electron chi connectivity index (χ2n) is 4.16. The van der Waals surface area contributed by atoms with E-state index < -0.39 is 0 Å². The van der Waals surface area contributed by atoms with Gasteiger partial charge in [-0.1, -0.05) is 34.5 Å². The van der Waals surface area contributed by atoms with Gasteiger partial charge in [-0.25, -0.2) is 0 Å². The number of tetrazole rings is 1. The molecule has 0 radical (unpaired) electrons. The van der Waals surface area contributed by atoms with Crippen LogP contribution in [0.15, 0.2) is 54.6 Å². The van der Waals surface area contributed by atoms with Crippen molar-refractivity contribution >= 4 is 11.6 Å². The minimum atomic E-state index is 0.707. The van der Waals surface area contributed by atoms with Crippen LogP contribution in [0.5, 0.6) is 0 Å². The van der Waals surface area contributed by atoms with Crippen LogP contribution in [0.1, 0.15) is 0 Å². The number of halogens is 1. The smallest absolute Gasteiger partial charge is 0.0976 e. The van der Waals surface area contributed by atoms with Crippen molar-refractivity contribution in [2.75, 3.05) is 0 Å². The summed E-state index contributed by atoms with van der Waals surface area (Å²) in [6.45, 7) is 0. The fourth-order valence-corrected chi connectivity index (χ4v) is 2.02. The van der Waals surface area contributed by atoms with Gasteiger partial charge >= 0.3 is 5.82 Å². The second-order valence-corrected chi connectivity index (χ2v) is 4.59. The number of aryl methyl sites for hydroxylation is 1. The highest BCUT2D eigenvalue weighted by atomic mass is 35.5. The van der Waals surface area contributed by atoms with Gasteiger partial charge in [0.2, 0.25) is 0 Å². The van der Waals surface area contributed by atoms with E-state index in [2.05, 4.69) is 10.3 Å². The minimum Gasteiger partial charge on any atom is -0.0976 e. The van der Waals surface area contributed by atoms with Crippen molar-refractivity contribution in [2.24, 2.45) is 7.05 Å². The topological polar surface area (TPSA) is 34.6 Å². The number of rotatable bonds is 2. The average molecular weight is 272 g/mol. The third-order valence-corrected chi connectivity index (χ3v) is 3.01. The van der Waals surface area contributed by atoms with Gasteiger partial charge in [-0.2, -0.15) is 0 Å². The van der Waals surface area contributed by atoms with E-state index in [1.807, 2.05) is 59.3 Å². The van der Waals surface area contributed by atoms with Gasteiger partial charge in [-0.3, -0.25) is 0 Å². The molecule has 4 nitrogen and oxygen atoms in total. The fraction of sp³-hybridized carbons (Fsp3) is 0.0714. The molecule has 3 aromatic rings. The van der Waals surface area contributed by atoms with Crippen LogP contribution >= 0.6 is 11.6 Å². The first-order valence-corrected chi connectivity index (χ1v) is 6.27. The lowest BCUT2D eigenvalue weighted by Crippen LogP contribution is -2.35. The zero-order chi connectivity index (χ0) is 13.2. The Bertz CT molecular complexity index is 689. The van der Waals surface area contributed by atoms with E-state index >= 15 is 0 Å². The van der Waals surface area contributed by atoms with Gasteiger partial charge in [-0.05, 0) is 41.2 Å². The van der Waals surface area contributed by atoms with E-state index in [0.717, 1.165) is 17.1 Å². The van der Waals surface area contributed by atoms with Crippen molar-refractivity contribution in [3.63, 3.8) is 0 Å². The molecule has 0 atom stereocenters. The molecule has 0 saturated carbocycles. The van der Waals surface area contributed by atoms with Gasteiger partial charge < -0.3 is 0 Å². The molecular weight excluding hydrogens is 260 g/mol. The highest BCUT2D eigenvalue weighted by Gasteiger charge is 2.20. The summed E-state index contributed by atoms with van der Waals surface area (Å²) in [6, 6.07) is 17.5. The van der Waals surface area contributed by atoms with Crippen molar-refractivity contribution < 1.29 is 4.68 Å². The maximum Gasteiger partial charge on any atom is 0.334 e. The first-order chi connectivity index (χ1) is 9.24. The van der Waals surface area contributed by atoms with Crippen molar-refractivity contribution in [2.45, 2.75) is 0 Å². The third-order valence-electron chi connectivity index (χ3n) is 2.76. The van der Waals surface area contributed by atoms with Crippen molar-refractivity contribution in [3.05, 3.63) is 59.6 Å². The van der Waals surface area contributed by atoms with E-state index in [1.54, 1.807) is 11.8 Å². The van der Waals surface area contributed by atoms with Crippen LogP contribution in [-0.4, -0.2) is 15.1 Å². The molecule has 94 valence electrons. The average Bonchev–Trinajstić information content (AvgIpc) is 2.83. The lowest BCUT2D eigenvalue weighted by molar-refractivity contribution is -0.651. The third kappa shape index (κ3) is 2.35. The first kappa shape index (κ1) is 11.9. The number of nitrogens with zero attached hydrogens (tertiary/aromatic N) is 4. The SMILES string of the molecule is Cn1nc(-c2ccc(Cl)cc2)[n+](-c2ccccc2)n1. The monoisotopic (exact) mass is 271 g/mol. The standard InChI is InChI=1S/C14H12ClN4/c1-18-16-14(11-7-9-12(15)10-8-11)19(17-18)13-5-3-2-4-6-13/h2-10H,1H3/q+1. The summed E-state index contributed by atoms with van der Waals surface area (Å²) in [6.07, 6.45) is 0. The fourth-order valence-electron chi connectivity index (χ4n) is 1.89. The van der Waals surface area contributed by atoms with Crippen LogP contribution < -0.4 is 4.68 Å². The molecule has 0 aliphatic rings. The summed E-state index contributed by atoms with van der Waals surface area (Å²) in [4.78, 5) is 1.55. The molecule has 2 aromatic carbocycles. The Labute approximate surface area is 115 Å². The molecule has 0 amide bonds. The van der Waals surface area contributed by atoms with E-state index in [-0.39, 0.29) is 0 Å². The molecule has 0 spiro atoms. The van der Waals surface area contributed by atoms with Gasteiger partial charge in [-0.15, -0.1) is 0 Å². The minimum absolute atomic E-state index is 0.707. The summed E-state index contributed by atoms with van der Waals surface area (Å²) in [5, 5.41) is 9.49. The molecule has 0 aliphatic heterocycles. The van der Waals surface area contributed by atoms with Crippen LogP contribution in [0.2, 0.25) is 5.02 Å². The molecule has 0 unspecified atom stereocenters. The van der Waals surface area contributed by atoms with E-state index in [9.17, 15) is 0 Å². The largest absolute Gasteiger partial charge is 0.334 e. The molecule has 0 N–H and O–H groups in total. The Morgan fingerprint density at radius 1 is 1.00 bits per heavy atom. The van der Waals surface area contributed by atoms with Gasteiger partial charge in [0.1, 0.15) is 12.7 Å². The molecule has 0 bridgehead atoms. The summed E-state index contributed by atoms with van der Waals surface area (Å²) in [7, 11) is 1.80. The summed E-state index contributed by atoms with van der Waals surface area (Å²) >= 11 is 5.91.